The first kappa shape index (κ1) is 31.1. The molecule has 2 unspecified atom stereocenters. The zero-order chi connectivity index (χ0) is 25.4. The fourth-order valence-corrected chi connectivity index (χ4v) is 4.38. The summed E-state index contributed by atoms with van der Waals surface area (Å²) in [7, 11) is 0. The molecule has 2 atom stereocenters. The van der Waals surface area contributed by atoms with Crippen LogP contribution in [0, 0.1) is 16.2 Å². The van der Waals surface area contributed by atoms with Gasteiger partial charge in [-0.15, -0.1) is 0 Å². The predicted octanol–water partition coefficient (Wildman–Crippen LogP) is 2.71. The van der Waals surface area contributed by atoms with Gasteiger partial charge in [0.1, 0.15) is 0 Å². The van der Waals surface area contributed by atoms with E-state index in [1.165, 1.54) is 0 Å². The molecule has 2 fully saturated rings. The molecule has 1 saturated carbocycles. The summed E-state index contributed by atoms with van der Waals surface area (Å²) in [5.41, 5.74) is -0.611. The largest absolute Gasteiger partial charge is 0.466 e. The number of ether oxygens (including phenoxy) is 1. The molecular weight excluding hydrogens is 428 g/mol. The van der Waals surface area contributed by atoms with Crippen LogP contribution in [0.4, 0.5) is 0 Å². The van der Waals surface area contributed by atoms with Gasteiger partial charge in [0.15, 0.2) is 0 Å². The summed E-state index contributed by atoms with van der Waals surface area (Å²) >= 11 is 0. The molecule has 0 aromatic heterocycles. The van der Waals surface area contributed by atoms with Crippen molar-refractivity contribution in [3.8, 4) is 0 Å². The fourth-order valence-electron chi connectivity index (χ4n) is 4.38. The van der Waals surface area contributed by atoms with Gasteiger partial charge in [-0.3, -0.25) is 4.79 Å². The maximum absolute atomic E-state index is 10.5. The normalized spacial score (nSPS) is 24.2. The molecule has 9 heteroatoms. The first-order chi connectivity index (χ1) is 15.5. The van der Waals surface area contributed by atoms with Crippen LogP contribution in [0.1, 0.15) is 79.1 Å². The Hall–Kier alpha value is -1.89. The van der Waals surface area contributed by atoms with Gasteiger partial charge in [0.2, 0.25) is 12.2 Å². The van der Waals surface area contributed by atoms with Gasteiger partial charge < -0.3 is 20.1 Å². The second-order valence-electron chi connectivity index (χ2n) is 10.2. The van der Waals surface area contributed by atoms with Crippen molar-refractivity contribution < 1.29 is 34.4 Å². The van der Waals surface area contributed by atoms with Crippen molar-refractivity contribution in [1.29, 1.82) is 0 Å². The zero-order valence-electron chi connectivity index (χ0n) is 20.6. The Bertz CT molecular complexity index is 638. The van der Waals surface area contributed by atoms with Crippen LogP contribution in [0.3, 0.4) is 0 Å². The molecule has 0 spiro atoms. The van der Waals surface area contributed by atoms with E-state index in [9.17, 15) is 14.4 Å². The topological polar surface area (TPSA) is 146 Å². The van der Waals surface area contributed by atoms with Crippen molar-refractivity contribution in [2.75, 3.05) is 33.0 Å². The van der Waals surface area contributed by atoms with Gasteiger partial charge in [0.05, 0.1) is 39.0 Å². The number of esters is 1. The first-order valence-corrected chi connectivity index (χ1v) is 11.6. The third kappa shape index (κ3) is 12.8. The minimum Gasteiger partial charge on any atom is -0.466 e. The Morgan fingerprint density at radius 1 is 1.03 bits per heavy atom. The zero-order valence-corrected chi connectivity index (χ0v) is 20.6. The Labute approximate surface area is 197 Å². The number of hydrogen-bond acceptors (Lipinski definition) is 9. The minimum atomic E-state index is -0.667. The standard InChI is InChI=1S/C12H18N2O2.C6H14O3.C6H10O2/c1-11(2)4-10(14-9-16)5-12(3,6-11)7-13-8-15;1-2-6(3-7,4-8)5-9;7-6-4-2-1-3-5-8-6/h10H,4-7H2,1-3H3;7-9H,2-5H2,1H3;1-5H2. The van der Waals surface area contributed by atoms with Crippen molar-refractivity contribution in [3.63, 3.8) is 0 Å². The third-order valence-corrected chi connectivity index (χ3v) is 6.23. The summed E-state index contributed by atoms with van der Waals surface area (Å²) in [5.74, 6) is -0.0255. The lowest BCUT2D eigenvalue weighted by Gasteiger charge is -2.44. The lowest BCUT2D eigenvalue weighted by atomic mass is 9.63. The number of aliphatic imine (C=N–C) groups is 2. The molecule has 1 saturated heterocycles. The van der Waals surface area contributed by atoms with Crippen LogP contribution in [-0.4, -0.2) is 72.5 Å². The van der Waals surface area contributed by atoms with Crippen molar-refractivity contribution >= 4 is 18.1 Å². The van der Waals surface area contributed by atoms with Gasteiger partial charge in [-0.2, -0.15) is 0 Å². The number of carbonyl (C=O) groups is 1. The van der Waals surface area contributed by atoms with E-state index in [0.717, 1.165) is 38.5 Å². The van der Waals surface area contributed by atoms with E-state index in [2.05, 4.69) is 30.8 Å². The summed E-state index contributed by atoms with van der Waals surface area (Å²) < 4.78 is 4.76. The quantitative estimate of drug-likeness (QED) is 0.294. The number of carbonyl (C=O) groups excluding carboxylic acids is 3. The summed E-state index contributed by atoms with van der Waals surface area (Å²) in [4.78, 5) is 38.5. The smallest absolute Gasteiger partial charge is 0.305 e. The van der Waals surface area contributed by atoms with Crippen LogP contribution < -0.4 is 0 Å². The lowest BCUT2D eigenvalue weighted by molar-refractivity contribution is -0.142. The number of rotatable bonds is 7. The Balaban J connectivity index is 0.000000510. The van der Waals surface area contributed by atoms with E-state index in [1.807, 2.05) is 6.92 Å². The molecule has 0 bridgehead atoms. The average molecular weight is 471 g/mol. The summed E-state index contributed by atoms with van der Waals surface area (Å²) in [6.45, 7) is 8.85. The summed E-state index contributed by atoms with van der Waals surface area (Å²) in [5, 5.41) is 26.0. The maximum atomic E-state index is 10.5. The second kappa shape index (κ2) is 15.9. The monoisotopic (exact) mass is 470 g/mol. The highest BCUT2D eigenvalue weighted by Crippen LogP contribution is 2.47. The average Bonchev–Trinajstić information content (AvgIpc) is 3.02. The Kier molecular flexibility index (Phi) is 15.0. The number of aliphatic hydroxyl groups is 3. The number of nitrogens with zero attached hydrogens (tertiary/aromatic N) is 2. The molecular formula is C24H42N2O7. The molecule has 1 aliphatic heterocycles. The molecule has 2 rings (SSSR count). The van der Waals surface area contributed by atoms with Gasteiger partial charge in [-0.25, -0.2) is 19.6 Å². The van der Waals surface area contributed by atoms with E-state index < -0.39 is 5.41 Å². The SMILES string of the molecule is CC1(C)CC(N=C=O)CC(C)(CN=C=O)C1.CCC(CO)(CO)CO.O=C1CCCCCO1. The van der Waals surface area contributed by atoms with Crippen molar-refractivity contribution in [3.05, 3.63) is 0 Å². The highest BCUT2D eigenvalue weighted by Gasteiger charge is 2.41. The Morgan fingerprint density at radius 2 is 1.67 bits per heavy atom. The minimum absolute atomic E-state index is 0.00750. The molecule has 0 aromatic rings. The number of hydrogen-bond donors (Lipinski definition) is 3. The van der Waals surface area contributed by atoms with Crippen LogP contribution in [0.25, 0.3) is 0 Å². The van der Waals surface area contributed by atoms with Gasteiger partial charge in [0, 0.05) is 11.8 Å². The second-order valence-corrected chi connectivity index (χ2v) is 10.2. The van der Waals surface area contributed by atoms with Gasteiger partial charge in [0.25, 0.3) is 0 Å². The number of cyclic esters (lactones) is 1. The van der Waals surface area contributed by atoms with Crippen LogP contribution in [0.5, 0.6) is 0 Å². The van der Waals surface area contributed by atoms with Crippen molar-refractivity contribution in [2.24, 2.45) is 26.2 Å². The highest BCUT2D eigenvalue weighted by molar-refractivity contribution is 5.69. The van der Waals surface area contributed by atoms with Crippen LogP contribution in [0.2, 0.25) is 0 Å². The maximum Gasteiger partial charge on any atom is 0.305 e. The van der Waals surface area contributed by atoms with E-state index in [4.69, 9.17) is 20.1 Å². The molecule has 2 aliphatic rings. The van der Waals surface area contributed by atoms with Crippen molar-refractivity contribution in [1.82, 2.24) is 0 Å². The van der Waals surface area contributed by atoms with Gasteiger partial charge in [-0.1, -0.05) is 27.7 Å². The fraction of sp³-hybridized carbons (Fsp3) is 0.875. The van der Waals surface area contributed by atoms with E-state index >= 15 is 0 Å². The van der Waals surface area contributed by atoms with Crippen LogP contribution >= 0.6 is 0 Å². The molecule has 0 aromatic carbocycles. The van der Waals surface area contributed by atoms with Gasteiger partial charge in [-0.05, 0) is 55.8 Å². The summed E-state index contributed by atoms with van der Waals surface area (Å²) in [6, 6.07) is 0.00750. The molecule has 190 valence electrons. The Morgan fingerprint density at radius 3 is 2.15 bits per heavy atom. The molecule has 0 radical (unpaired) electrons. The third-order valence-electron chi connectivity index (χ3n) is 6.23. The molecule has 0 amide bonds. The van der Waals surface area contributed by atoms with Gasteiger partial charge >= 0.3 is 5.97 Å². The lowest BCUT2D eigenvalue weighted by Crippen LogP contribution is -2.39. The molecule has 1 heterocycles. The number of aliphatic hydroxyl groups excluding tert-OH is 3. The van der Waals surface area contributed by atoms with Crippen molar-refractivity contribution in [2.45, 2.75) is 85.1 Å². The molecule has 1 aliphatic carbocycles. The van der Waals surface area contributed by atoms with E-state index in [-0.39, 0.29) is 42.7 Å². The first-order valence-electron chi connectivity index (χ1n) is 11.6. The van der Waals surface area contributed by atoms with E-state index in [1.54, 1.807) is 12.2 Å². The molecule has 33 heavy (non-hydrogen) atoms. The van der Waals surface area contributed by atoms with E-state index in [0.29, 0.717) is 26.0 Å². The van der Waals surface area contributed by atoms with Crippen LogP contribution in [-0.2, 0) is 19.1 Å². The molecule has 3 N–H and O–H groups in total. The predicted molar refractivity (Wildman–Crippen MR) is 124 cm³/mol. The van der Waals surface area contributed by atoms with Crippen LogP contribution in [0.15, 0.2) is 9.98 Å². The number of isocyanates is 2. The molecule has 9 nitrogen and oxygen atoms in total. The highest BCUT2D eigenvalue weighted by atomic mass is 16.5. The summed E-state index contributed by atoms with van der Waals surface area (Å²) in [6.07, 6.45) is 10.3.